The van der Waals surface area contributed by atoms with Crippen molar-refractivity contribution in [2.24, 2.45) is 16.7 Å². The molecule has 0 aliphatic carbocycles. The molecule has 0 radical (unpaired) electrons. The summed E-state index contributed by atoms with van der Waals surface area (Å²) >= 11 is 0. The fourth-order valence-corrected chi connectivity index (χ4v) is 3.17. The summed E-state index contributed by atoms with van der Waals surface area (Å²) in [7, 11) is 0. The average Bonchev–Trinajstić information content (AvgIpc) is 2.59. The van der Waals surface area contributed by atoms with Gasteiger partial charge in [-0.2, -0.15) is 0 Å². The molecule has 3 unspecified atom stereocenters. The second-order valence-electron chi connectivity index (χ2n) is 8.59. The molecule has 7 nitrogen and oxygen atoms in total. The Morgan fingerprint density at radius 1 is 1.07 bits per heavy atom. The number of hydrogen-bond donors (Lipinski definition) is 1. The van der Waals surface area contributed by atoms with Crippen LogP contribution in [0.4, 0.5) is 0 Å². The minimum absolute atomic E-state index is 0.0597. The fraction of sp³-hybridized carbons (Fsp3) is 0.762. The van der Waals surface area contributed by atoms with Crippen LogP contribution in [0.2, 0.25) is 0 Å². The molecule has 0 saturated carbocycles. The molecule has 0 aliphatic rings. The molecule has 0 heterocycles. The molecule has 0 aromatic carbocycles. The van der Waals surface area contributed by atoms with E-state index in [1.165, 1.54) is 6.92 Å². The molecule has 0 aromatic heterocycles. The van der Waals surface area contributed by atoms with Gasteiger partial charge in [0.2, 0.25) is 0 Å². The topological polar surface area (TPSA) is 99.1 Å². The van der Waals surface area contributed by atoms with E-state index in [4.69, 9.17) is 14.2 Å². The first-order valence-electron chi connectivity index (χ1n) is 9.65. The first-order chi connectivity index (χ1) is 12.8. The maximum Gasteiger partial charge on any atom is 0.330 e. The molecule has 162 valence electrons. The molecule has 0 amide bonds. The van der Waals surface area contributed by atoms with Crippen molar-refractivity contribution in [3.8, 4) is 0 Å². The minimum atomic E-state index is -0.911. The van der Waals surface area contributed by atoms with Crippen molar-refractivity contribution in [3.05, 3.63) is 12.7 Å². The highest BCUT2D eigenvalue weighted by Gasteiger charge is 2.42. The van der Waals surface area contributed by atoms with Gasteiger partial charge in [0.25, 0.3) is 0 Å². The Morgan fingerprint density at radius 3 is 2.11 bits per heavy atom. The zero-order valence-electron chi connectivity index (χ0n) is 18.1. The number of esters is 3. The van der Waals surface area contributed by atoms with Gasteiger partial charge in [-0.05, 0) is 38.5 Å². The third-order valence-electron chi connectivity index (χ3n) is 4.13. The van der Waals surface area contributed by atoms with Crippen LogP contribution in [-0.4, -0.2) is 48.9 Å². The summed E-state index contributed by atoms with van der Waals surface area (Å²) < 4.78 is 15.3. The first-order valence-corrected chi connectivity index (χ1v) is 9.65. The lowest BCUT2D eigenvalue weighted by atomic mass is 9.70. The van der Waals surface area contributed by atoms with Gasteiger partial charge in [0.05, 0.1) is 17.4 Å². The van der Waals surface area contributed by atoms with Crippen LogP contribution in [0, 0.1) is 16.7 Å². The number of rotatable bonds is 12. The van der Waals surface area contributed by atoms with Gasteiger partial charge in [-0.3, -0.25) is 9.59 Å². The average molecular weight is 401 g/mol. The van der Waals surface area contributed by atoms with E-state index < -0.39 is 35.3 Å². The smallest absolute Gasteiger partial charge is 0.330 e. The molecule has 7 heteroatoms. The van der Waals surface area contributed by atoms with Gasteiger partial charge in [-0.1, -0.05) is 34.3 Å². The molecular weight excluding hydrogens is 364 g/mol. The van der Waals surface area contributed by atoms with E-state index in [9.17, 15) is 19.5 Å². The molecule has 28 heavy (non-hydrogen) atoms. The van der Waals surface area contributed by atoms with Crippen LogP contribution < -0.4 is 0 Å². The van der Waals surface area contributed by atoms with Crippen LogP contribution in [0.3, 0.4) is 0 Å². The summed E-state index contributed by atoms with van der Waals surface area (Å²) in [5, 5.41) is 9.31. The van der Waals surface area contributed by atoms with Crippen molar-refractivity contribution in [2.45, 2.75) is 66.9 Å². The Morgan fingerprint density at radius 2 is 1.64 bits per heavy atom. The monoisotopic (exact) mass is 400 g/mol. The van der Waals surface area contributed by atoms with Crippen LogP contribution in [0.1, 0.15) is 60.8 Å². The summed E-state index contributed by atoms with van der Waals surface area (Å²) in [6.45, 7) is 14.3. The van der Waals surface area contributed by atoms with Gasteiger partial charge < -0.3 is 19.3 Å². The number of carbonyl (C=O) groups excluding carboxylic acids is 3. The SMILES string of the molecule is C=CC(=O)OCCOC(=O)C(C)(CC(CC)C(=O)OCC(C)O)CC(C)(C)C. The highest BCUT2D eigenvalue weighted by molar-refractivity contribution is 5.81. The summed E-state index contributed by atoms with van der Waals surface area (Å²) in [4.78, 5) is 36.2. The number of hydrogen-bond acceptors (Lipinski definition) is 7. The number of carbonyl (C=O) groups is 3. The summed E-state index contributed by atoms with van der Waals surface area (Å²) in [5.41, 5.74) is -1.09. The van der Waals surface area contributed by atoms with E-state index in [2.05, 4.69) is 6.58 Å². The Labute approximate surface area is 168 Å². The lowest BCUT2D eigenvalue weighted by Gasteiger charge is -2.35. The van der Waals surface area contributed by atoms with Crippen LogP contribution >= 0.6 is 0 Å². The van der Waals surface area contributed by atoms with Gasteiger partial charge >= 0.3 is 17.9 Å². The molecule has 0 spiro atoms. The quantitative estimate of drug-likeness (QED) is 0.233. The van der Waals surface area contributed by atoms with Crippen LogP contribution in [-0.2, 0) is 28.6 Å². The molecule has 1 N–H and O–H groups in total. The van der Waals surface area contributed by atoms with Crippen molar-refractivity contribution in [3.63, 3.8) is 0 Å². The van der Waals surface area contributed by atoms with E-state index in [0.717, 1.165) is 6.08 Å². The Kier molecular flexibility index (Phi) is 11.0. The normalized spacial score (nSPS) is 15.7. The lowest BCUT2D eigenvalue weighted by molar-refractivity contribution is -0.164. The maximum atomic E-state index is 12.8. The Hall–Kier alpha value is -1.89. The van der Waals surface area contributed by atoms with Crippen LogP contribution in [0.25, 0.3) is 0 Å². The Bertz CT molecular complexity index is 533. The predicted molar refractivity (Wildman–Crippen MR) is 105 cm³/mol. The van der Waals surface area contributed by atoms with Crippen molar-refractivity contribution < 1.29 is 33.7 Å². The van der Waals surface area contributed by atoms with E-state index >= 15 is 0 Å². The molecular formula is C21H36O7. The van der Waals surface area contributed by atoms with E-state index in [1.54, 1.807) is 6.92 Å². The first kappa shape index (κ1) is 26.1. The molecule has 0 aliphatic heterocycles. The number of aliphatic hydroxyl groups excluding tert-OH is 1. The molecule has 0 saturated heterocycles. The predicted octanol–water partition coefficient (Wildman–Crippen LogP) is 3.04. The molecule has 0 fully saturated rings. The minimum Gasteiger partial charge on any atom is -0.463 e. The van der Waals surface area contributed by atoms with Crippen LogP contribution in [0.5, 0.6) is 0 Å². The molecule has 3 atom stereocenters. The lowest BCUT2D eigenvalue weighted by Crippen LogP contribution is -2.38. The largest absolute Gasteiger partial charge is 0.463 e. The third kappa shape index (κ3) is 10.4. The van der Waals surface area contributed by atoms with Crippen molar-refractivity contribution in [1.82, 2.24) is 0 Å². The van der Waals surface area contributed by atoms with Gasteiger partial charge in [0, 0.05) is 6.08 Å². The van der Waals surface area contributed by atoms with Gasteiger partial charge in [-0.15, -0.1) is 0 Å². The summed E-state index contributed by atoms with van der Waals surface area (Å²) in [6.07, 6.45) is 1.57. The summed E-state index contributed by atoms with van der Waals surface area (Å²) in [6, 6.07) is 0. The Balaban J connectivity index is 5.14. The zero-order chi connectivity index (χ0) is 22.0. The second-order valence-corrected chi connectivity index (χ2v) is 8.59. The van der Waals surface area contributed by atoms with E-state index in [0.29, 0.717) is 12.8 Å². The van der Waals surface area contributed by atoms with Gasteiger partial charge in [0.1, 0.15) is 19.8 Å². The van der Waals surface area contributed by atoms with Crippen molar-refractivity contribution >= 4 is 17.9 Å². The third-order valence-corrected chi connectivity index (χ3v) is 4.13. The maximum absolute atomic E-state index is 12.8. The fourth-order valence-electron chi connectivity index (χ4n) is 3.17. The van der Waals surface area contributed by atoms with E-state index in [-0.39, 0.29) is 31.7 Å². The highest BCUT2D eigenvalue weighted by atomic mass is 16.6. The van der Waals surface area contributed by atoms with Crippen molar-refractivity contribution in [2.75, 3.05) is 19.8 Å². The van der Waals surface area contributed by atoms with Gasteiger partial charge in [-0.25, -0.2) is 4.79 Å². The molecule has 0 aromatic rings. The van der Waals surface area contributed by atoms with Gasteiger partial charge in [0.15, 0.2) is 0 Å². The van der Waals surface area contributed by atoms with Crippen molar-refractivity contribution in [1.29, 1.82) is 0 Å². The molecule has 0 rings (SSSR count). The van der Waals surface area contributed by atoms with Crippen LogP contribution in [0.15, 0.2) is 12.7 Å². The summed E-state index contributed by atoms with van der Waals surface area (Å²) in [5.74, 6) is -1.95. The van der Waals surface area contributed by atoms with E-state index in [1.807, 2.05) is 27.7 Å². The molecule has 0 bridgehead atoms. The number of ether oxygens (including phenoxy) is 3. The zero-order valence-corrected chi connectivity index (χ0v) is 18.1. The highest BCUT2D eigenvalue weighted by Crippen LogP contribution is 2.40. The number of aliphatic hydroxyl groups is 1. The standard InChI is InChI=1S/C21H36O7/c1-8-16(18(24)28-13-15(3)22)12-21(7,14-20(4,5)6)19(25)27-11-10-26-17(23)9-2/h9,15-16,22H,2,8,10-14H2,1,3-7H3. The second kappa shape index (κ2) is 11.8.